The van der Waals surface area contributed by atoms with Crippen LogP contribution in [0.15, 0.2) is 41.0 Å². The van der Waals surface area contributed by atoms with Gasteiger partial charge in [-0.2, -0.15) is 13.2 Å². The molecule has 8 heteroatoms. The van der Waals surface area contributed by atoms with Gasteiger partial charge >= 0.3 is 6.18 Å². The van der Waals surface area contributed by atoms with Crippen LogP contribution in [0.2, 0.25) is 0 Å². The lowest BCUT2D eigenvalue weighted by Crippen LogP contribution is -2.14. The van der Waals surface area contributed by atoms with Crippen LogP contribution in [0, 0.1) is 0 Å². The molecule has 0 aliphatic carbocycles. The van der Waals surface area contributed by atoms with Crippen LogP contribution in [0.5, 0.6) is 0 Å². The molecule has 0 saturated carbocycles. The lowest BCUT2D eigenvalue weighted by molar-refractivity contribution is -0.137. The smallest absolute Gasteiger partial charge is 0.397 e. The molecule has 1 heterocycles. The number of aromatic nitrogens is 1. The Balaban J connectivity index is 2.25. The molecular weight excluding hydrogens is 351 g/mol. The molecular formula is C13H9BrF3N3O. The molecule has 2 rings (SSSR count). The average Bonchev–Trinajstić information content (AvgIpc) is 2.37. The van der Waals surface area contributed by atoms with Crippen LogP contribution in [-0.2, 0) is 6.18 Å². The minimum atomic E-state index is -4.50. The summed E-state index contributed by atoms with van der Waals surface area (Å²) in [5.41, 5.74) is 5.03. The molecule has 1 aromatic heterocycles. The van der Waals surface area contributed by atoms with Crippen molar-refractivity contribution < 1.29 is 18.0 Å². The van der Waals surface area contributed by atoms with Gasteiger partial charge in [0.15, 0.2) is 0 Å². The van der Waals surface area contributed by atoms with Crippen molar-refractivity contribution in [2.24, 2.45) is 0 Å². The van der Waals surface area contributed by atoms with Crippen molar-refractivity contribution in [3.8, 4) is 0 Å². The molecule has 110 valence electrons. The minimum absolute atomic E-state index is 0.0142. The zero-order valence-electron chi connectivity index (χ0n) is 10.4. The van der Waals surface area contributed by atoms with Gasteiger partial charge in [-0.3, -0.25) is 4.79 Å². The van der Waals surface area contributed by atoms with Crippen LogP contribution < -0.4 is 11.1 Å². The first-order chi connectivity index (χ1) is 9.75. The van der Waals surface area contributed by atoms with E-state index in [0.717, 1.165) is 12.1 Å². The third-order valence-corrected chi connectivity index (χ3v) is 2.96. The molecule has 3 N–H and O–H groups in total. The van der Waals surface area contributed by atoms with Crippen molar-refractivity contribution in [1.82, 2.24) is 4.98 Å². The van der Waals surface area contributed by atoms with Crippen LogP contribution in [-0.4, -0.2) is 10.9 Å². The van der Waals surface area contributed by atoms with E-state index < -0.39 is 17.6 Å². The zero-order valence-corrected chi connectivity index (χ0v) is 12.0. The fourth-order valence-corrected chi connectivity index (χ4v) is 2.05. The molecule has 0 bridgehead atoms. The van der Waals surface area contributed by atoms with Crippen LogP contribution in [0.25, 0.3) is 0 Å². The van der Waals surface area contributed by atoms with Gasteiger partial charge in [-0.05, 0) is 30.3 Å². The summed E-state index contributed by atoms with van der Waals surface area (Å²) in [6.07, 6.45) is -3.21. The molecule has 1 amide bonds. The Labute approximate surface area is 126 Å². The first-order valence-corrected chi connectivity index (χ1v) is 6.45. The van der Waals surface area contributed by atoms with Gasteiger partial charge in [0.05, 0.1) is 17.4 Å². The Bertz CT molecular complexity index is 671. The zero-order chi connectivity index (χ0) is 15.6. The van der Waals surface area contributed by atoms with Gasteiger partial charge in [0.2, 0.25) is 0 Å². The average molecular weight is 360 g/mol. The van der Waals surface area contributed by atoms with E-state index in [1.165, 1.54) is 24.4 Å². The molecule has 4 nitrogen and oxygen atoms in total. The third-order valence-electron chi connectivity index (χ3n) is 2.50. The van der Waals surface area contributed by atoms with Crippen molar-refractivity contribution in [2.75, 3.05) is 11.1 Å². The topological polar surface area (TPSA) is 68.0 Å². The predicted octanol–water partition coefficient (Wildman–Crippen LogP) is 3.70. The maximum atomic E-state index is 12.7. The summed E-state index contributed by atoms with van der Waals surface area (Å²) in [5.74, 6) is -0.624. The normalized spacial score (nSPS) is 11.2. The van der Waals surface area contributed by atoms with Gasteiger partial charge < -0.3 is 11.1 Å². The van der Waals surface area contributed by atoms with Crippen LogP contribution in [0.1, 0.15) is 16.1 Å². The summed E-state index contributed by atoms with van der Waals surface area (Å²) in [6.45, 7) is 0. The number of nitrogens with two attached hydrogens (primary N) is 1. The van der Waals surface area contributed by atoms with E-state index in [0.29, 0.717) is 5.69 Å². The number of anilines is 2. The summed E-state index contributed by atoms with van der Waals surface area (Å²) in [5, 5.41) is 2.36. The van der Waals surface area contributed by atoms with Gasteiger partial charge in [-0.15, -0.1) is 0 Å². The van der Waals surface area contributed by atoms with Gasteiger partial charge in [0, 0.05) is 10.2 Å². The van der Waals surface area contributed by atoms with Gasteiger partial charge in [-0.25, -0.2) is 4.98 Å². The number of alkyl halides is 3. The van der Waals surface area contributed by atoms with E-state index >= 15 is 0 Å². The lowest BCUT2D eigenvalue weighted by atomic mass is 10.2. The maximum absolute atomic E-state index is 12.7. The molecule has 1 aromatic carbocycles. The Morgan fingerprint density at radius 2 is 1.95 bits per heavy atom. The molecule has 0 radical (unpaired) electrons. The van der Waals surface area contributed by atoms with Crippen molar-refractivity contribution in [1.29, 1.82) is 0 Å². The Morgan fingerprint density at radius 3 is 2.52 bits per heavy atom. The third kappa shape index (κ3) is 3.94. The Hall–Kier alpha value is -2.09. The summed E-state index contributed by atoms with van der Waals surface area (Å²) >= 11 is 2.98. The highest BCUT2D eigenvalue weighted by atomic mass is 79.9. The number of nitrogens with zero attached hydrogens (tertiary/aromatic N) is 1. The van der Waals surface area contributed by atoms with Crippen LogP contribution in [0.4, 0.5) is 24.5 Å². The second-order valence-corrected chi connectivity index (χ2v) is 5.07. The number of carbonyl (C=O) groups is 1. The first kappa shape index (κ1) is 15.3. The molecule has 0 fully saturated rings. The fourth-order valence-electron chi connectivity index (χ4n) is 1.56. The molecule has 0 spiro atoms. The molecule has 2 aromatic rings. The molecule has 0 aliphatic rings. The van der Waals surface area contributed by atoms with E-state index in [1.54, 1.807) is 0 Å². The number of hydrogen-bond acceptors (Lipinski definition) is 3. The van der Waals surface area contributed by atoms with E-state index in [2.05, 4.69) is 26.2 Å². The molecule has 0 aliphatic heterocycles. The van der Waals surface area contributed by atoms with E-state index in [-0.39, 0.29) is 15.9 Å². The van der Waals surface area contributed by atoms with Crippen LogP contribution in [0.3, 0.4) is 0 Å². The number of rotatable bonds is 2. The Morgan fingerprint density at radius 1 is 1.24 bits per heavy atom. The van der Waals surface area contributed by atoms with Crippen LogP contribution >= 0.6 is 15.9 Å². The van der Waals surface area contributed by atoms with E-state index in [4.69, 9.17) is 5.73 Å². The van der Waals surface area contributed by atoms with Gasteiger partial charge in [-0.1, -0.05) is 15.9 Å². The summed E-state index contributed by atoms with van der Waals surface area (Å²) in [6, 6.07) is 6.00. The number of amides is 1. The fraction of sp³-hybridized carbons (Fsp3) is 0.0769. The van der Waals surface area contributed by atoms with Gasteiger partial charge in [0.25, 0.3) is 5.91 Å². The lowest BCUT2D eigenvalue weighted by Gasteiger charge is -2.11. The van der Waals surface area contributed by atoms with Crippen molar-refractivity contribution >= 4 is 33.2 Å². The number of hydrogen-bond donors (Lipinski definition) is 2. The van der Waals surface area contributed by atoms with Crippen molar-refractivity contribution in [3.05, 3.63) is 52.3 Å². The minimum Gasteiger partial charge on any atom is -0.397 e. The number of pyridine rings is 1. The number of halogens is 4. The van der Waals surface area contributed by atoms with E-state index in [1.807, 2.05) is 0 Å². The highest BCUT2D eigenvalue weighted by Gasteiger charge is 2.31. The highest BCUT2D eigenvalue weighted by molar-refractivity contribution is 9.10. The van der Waals surface area contributed by atoms with Crippen molar-refractivity contribution in [2.45, 2.75) is 6.18 Å². The molecule has 0 saturated heterocycles. The predicted molar refractivity (Wildman–Crippen MR) is 75.7 cm³/mol. The highest BCUT2D eigenvalue weighted by Crippen LogP contribution is 2.33. The second-order valence-electron chi connectivity index (χ2n) is 4.16. The summed E-state index contributed by atoms with van der Waals surface area (Å²) in [4.78, 5) is 15.7. The monoisotopic (exact) mass is 359 g/mol. The molecule has 0 atom stereocenters. The Kier molecular flexibility index (Phi) is 4.17. The summed E-state index contributed by atoms with van der Waals surface area (Å²) < 4.78 is 38.3. The second kappa shape index (κ2) is 5.72. The molecule has 0 unspecified atom stereocenters. The maximum Gasteiger partial charge on any atom is 0.416 e. The number of benzene rings is 1. The quantitative estimate of drug-likeness (QED) is 0.858. The van der Waals surface area contributed by atoms with Crippen molar-refractivity contribution in [3.63, 3.8) is 0 Å². The van der Waals surface area contributed by atoms with Gasteiger partial charge in [0.1, 0.15) is 5.69 Å². The molecule has 21 heavy (non-hydrogen) atoms. The SMILES string of the molecule is Nc1ccc(C(=O)Nc2cc(Br)cc(C(F)(F)F)c2)nc1. The summed E-state index contributed by atoms with van der Waals surface area (Å²) in [7, 11) is 0. The number of carbonyl (C=O) groups excluding carboxylic acids is 1. The largest absolute Gasteiger partial charge is 0.416 e. The number of nitrogens with one attached hydrogen (secondary N) is 1. The first-order valence-electron chi connectivity index (χ1n) is 5.66. The number of nitrogen functional groups attached to an aromatic ring is 1. The van der Waals surface area contributed by atoms with E-state index in [9.17, 15) is 18.0 Å². The standard InChI is InChI=1S/C13H9BrF3N3O/c14-8-3-7(13(15,16)17)4-10(5-8)20-12(21)11-2-1-9(18)6-19-11/h1-6H,18H2,(H,20,21).